The van der Waals surface area contributed by atoms with Crippen molar-refractivity contribution in [3.05, 3.63) is 0 Å². The SMILES string of the molecule is CC(C)(CCOC(C(F)(F)F)C(F)(F)F)C(N)=NO. The summed E-state index contributed by atoms with van der Waals surface area (Å²) in [6.07, 6.45) is -15.2. The Morgan fingerprint density at radius 1 is 1.16 bits per heavy atom. The van der Waals surface area contributed by atoms with E-state index in [-0.39, 0.29) is 12.3 Å². The van der Waals surface area contributed by atoms with E-state index >= 15 is 0 Å². The van der Waals surface area contributed by atoms with Gasteiger partial charge in [-0.25, -0.2) is 0 Å². The van der Waals surface area contributed by atoms with Crippen LogP contribution in [0.5, 0.6) is 0 Å². The third-order valence-corrected chi connectivity index (χ3v) is 2.41. The van der Waals surface area contributed by atoms with Gasteiger partial charge in [-0.1, -0.05) is 19.0 Å². The van der Waals surface area contributed by atoms with Gasteiger partial charge in [0, 0.05) is 12.0 Å². The number of halogens is 6. The molecule has 0 saturated heterocycles. The molecule has 0 unspecified atom stereocenters. The maximum Gasteiger partial charge on any atom is 0.423 e. The van der Waals surface area contributed by atoms with Crippen LogP contribution in [0, 0.1) is 5.41 Å². The summed E-state index contributed by atoms with van der Waals surface area (Å²) in [7, 11) is 0. The fourth-order valence-corrected chi connectivity index (χ4v) is 1.07. The molecule has 0 aromatic carbocycles. The van der Waals surface area contributed by atoms with Crippen LogP contribution in [-0.2, 0) is 4.74 Å². The van der Waals surface area contributed by atoms with Gasteiger partial charge >= 0.3 is 12.4 Å². The lowest BCUT2D eigenvalue weighted by atomic mass is 9.88. The van der Waals surface area contributed by atoms with Crippen LogP contribution in [0.25, 0.3) is 0 Å². The lowest BCUT2D eigenvalue weighted by molar-refractivity contribution is -0.322. The Hall–Kier alpha value is -1.19. The zero-order chi connectivity index (χ0) is 15.5. The number of nitrogens with zero attached hydrogens (tertiary/aromatic N) is 1. The predicted molar refractivity (Wildman–Crippen MR) is 53.7 cm³/mol. The summed E-state index contributed by atoms with van der Waals surface area (Å²) in [5.41, 5.74) is 4.15. The van der Waals surface area contributed by atoms with E-state index in [1.165, 1.54) is 13.8 Å². The summed E-state index contributed by atoms with van der Waals surface area (Å²) in [6, 6.07) is 0. The molecule has 0 aliphatic heterocycles. The highest BCUT2D eigenvalue weighted by atomic mass is 19.4. The van der Waals surface area contributed by atoms with Gasteiger partial charge in [-0.2, -0.15) is 26.3 Å². The fourth-order valence-electron chi connectivity index (χ4n) is 1.07. The zero-order valence-corrected chi connectivity index (χ0v) is 10.1. The second kappa shape index (κ2) is 5.85. The minimum absolute atomic E-state index is 0.272. The van der Waals surface area contributed by atoms with E-state index in [0.29, 0.717) is 0 Å². The van der Waals surface area contributed by atoms with Crippen molar-refractivity contribution in [1.29, 1.82) is 0 Å². The number of hydrogen-bond donors (Lipinski definition) is 2. The zero-order valence-electron chi connectivity index (χ0n) is 10.1. The van der Waals surface area contributed by atoms with Crippen molar-refractivity contribution in [2.75, 3.05) is 6.61 Å². The van der Waals surface area contributed by atoms with Crippen LogP contribution in [0.1, 0.15) is 20.3 Å². The third kappa shape index (κ3) is 5.53. The van der Waals surface area contributed by atoms with Gasteiger partial charge in [-0.05, 0) is 6.42 Å². The van der Waals surface area contributed by atoms with E-state index in [1.54, 1.807) is 0 Å². The van der Waals surface area contributed by atoms with Gasteiger partial charge in [-0.15, -0.1) is 0 Å². The van der Waals surface area contributed by atoms with E-state index in [1.807, 2.05) is 0 Å². The Kier molecular flexibility index (Phi) is 5.48. The first-order valence-corrected chi connectivity index (χ1v) is 5.05. The van der Waals surface area contributed by atoms with Crippen LogP contribution in [0.4, 0.5) is 26.3 Å². The molecule has 0 aromatic heterocycles. The van der Waals surface area contributed by atoms with Crippen molar-refractivity contribution < 1.29 is 36.3 Å². The van der Waals surface area contributed by atoms with Gasteiger partial charge in [0.15, 0.2) is 0 Å². The molecule has 0 bridgehead atoms. The molecule has 0 atom stereocenters. The molecule has 114 valence electrons. The normalized spacial score (nSPS) is 15.1. The van der Waals surface area contributed by atoms with E-state index in [9.17, 15) is 26.3 Å². The van der Waals surface area contributed by atoms with E-state index in [2.05, 4.69) is 9.89 Å². The molecule has 0 amide bonds. The summed E-state index contributed by atoms with van der Waals surface area (Å²) in [5.74, 6) is -0.313. The average Bonchev–Trinajstić information content (AvgIpc) is 2.19. The Bertz CT molecular complexity index is 310. The van der Waals surface area contributed by atoms with Crippen molar-refractivity contribution in [3.63, 3.8) is 0 Å². The molecule has 0 radical (unpaired) electrons. The summed E-state index contributed by atoms with van der Waals surface area (Å²) in [6.45, 7) is 1.94. The highest BCUT2D eigenvalue weighted by Crippen LogP contribution is 2.36. The van der Waals surface area contributed by atoms with Gasteiger partial charge in [0.25, 0.3) is 0 Å². The van der Waals surface area contributed by atoms with Crippen molar-refractivity contribution in [2.24, 2.45) is 16.3 Å². The summed E-state index contributed by atoms with van der Waals surface area (Å²) in [5, 5.41) is 11.0. The van der Waals surface area contributed by atoms with Crippen molar-refractivity contribution >= 4 is 5.84 Å². The number of alkyl halides is 6. The third-order valence-electron chi connectivity index (χ3n) is 2.41. The number of amidine groups is 1. The molecule has 0 heterocycles. The predicted octanol–water partition coefficient (Wildman–Crippen LogP) is 2.66. The molecule has 4 nitrogen and oxygen atoms in total. The molecule has 10 heteroatoms. The van der Waals surface area contributed by atoms with Gasteiger partial charge in [-0.3, -0.25) is 0 Å². The van der Waals surface area contributed by atoms with E-state index < -0.39 is 30.5 Å². The molecular formula is C9H14F6N2O2. The van der Waals surface area contributed by atoms with Gasteiger partial charge in [0.1, 0.15) is 5.84 Å². The van der Waals surface area contributed by atoms with Crippen molar-refractivity contribution in [1.82, 2.24) is 0 Å². The van der Waals surface area contributed by atoms with Gasteiger partial charge in [0.05, 0.1) is 0 Å². The first-order chi connectivity index (χ1) is 8.32. The van der Waals surface area contributed by atoms with Gasteiger partial charge in [0.2, 0.25) is 6.10 Å². The topological polar surface area (TPSA) is 67.8 Å². The summed E-state index contributed by atoms with van der Waals surface area (Å²) in [4.78, 5) is 0. The molecule has 0 saturated carbocycles. The molecule has 3 N–H and O–H groups in total. The van der Waals surface area contributed by atoms with Crippen molar-refractivity contribution in [2.45, 2.75) is 38.7 Å². The molecule has 0 spiro atoms. The standard InChI is InChI=1S/C9H14F6N2O2/c1-7(2,6(16)17-18)3-4-19-5(8(10,11)12)9(13,14)15/h5,18H,3-4H2,1-2H3,(H2,16,17). The van der Waals surface area contributed by atoms with Crippen molar-refractivity contribution in [3.8, 4) is 0 Å². The minimum atomic E-state index is -5.54. The number of ether oxygens (including phenoxy) is 1. The lowest BCUT2D eigenvalue weighted by Gasteiger charge is -2.26. The number of hydrogen-bond acceptors (Lipinski definition) is 3. The molecule has 0 aliphatic rings. The summed E-state index contributed by atoms with van der Waals surface area (Å²) < 4.78 is 76.6. The summed E-state index contributed by atoms with van der Waals surface area (Å²) >= 11 is 0. The van der Waals surface area contributed by atoms with Crippen LogP contribution in [0.3, 0.4) is 0 Å². The molecular weight excluding hydrogens is 282 g/mol. The minimum Gasteiger partial charge on any atom is -0.409 e. The molecule has 0 fully saturated rings. The fraction of sp³-hybridized carbons (Fsp3) is 0.889. The Labute approximate surface area is 105 Å². The molecule has 19 heavy (non-hydrogen) atoms. The van der Waals surface area contributed by atoms with Crippen LogP contribution in [-0.4, -0.2) is 36.1 Å². The van der Waals surface area contributed by atoms with Crippen LogP contribution in [0.15, 0.2) is 5.16 Å². The lowest BCUT2D eigenvalue weighted by Crippen LogP contribution is -2.45. The largest absolute Gasteiger partial charge is 0.423 e. The van der Waals surface area contributed by atoms with Crippen LogP contribution in [0.2, 0.25) is 0 Å². The Morgan fingerprint density at radius 2 is 1.58 bits per heavy atom. The number of nitrogens with two attached hydrogens (primary N) is 1. The Balaban J connectivity index is 4.62. The quantitative estimate of drug-likeness (QED) is 0.269. The van der Waals surface area contributed by atoms with Crippen LogP contribution >= 0.6 is 0 Å². The first kappa shape index (κ1) is 17.8. The molecule has 0 aliphatic carbocycles. The van der Waals surface area contributed by atoms with Gasteiger partial charge < -0.3 is 15.7 Å². The highest BCUT2D eigenvalue weighted by Gasteiger charge is 2.57. The average molecular weight is 296 g/mol. The maximum absolute atomic E-state index is 12.1. The number of oxime groups is 1. The van der Waals surface area contributed by atoms with E-state index in [0.717, 1.165) is 0 Å². The monoisotopic (exact) mass is 296 g/mol. The maximum atomic E-state index is 12.1. The highest BCUT2D eigenvalue weighted by molar-refractivity contribution is 5.85. The molecule has 0 aromatic rings. The Morgan fingerprint density at radius 3 is 1.89 bits per heavy atom. The van der Waals surface area contributed by atoms with Crippen LogP contribution < -0.4 is 5.73 Å². The van der Waals surface area contributed by atoms with E-state index in [4.69, 9.17) is 10.9 Å². The number of rotatable bonds is 5. The molecule has 0 rings (SSSR count). The smallest absolute Gasteiger partial charge is 0.409 e. The second-order valence-electron chi connectivity index (χ2n) is 4.45. The second-order valence-corrected chi connectivity index (χ2v) is 4.45. The first-order valence-electron chi connectivity index (χ1n) is 5.05.